The van der Waals surface area contributed by atoms with Crippen molar-refractivity contribution in [1.29, 1.82) is 0 Å². The van der Waals surface area contributed by atoms with Gasteiger partial charge in [-0.15, -0.1) is 11.3 Å². The molecule has 0 aliphatic rings. The molecule has 0 saturated carbocycles. The normalized spacial score (nSPS) is 10.5. The molecule has 0 spiro atoms. The molecule has 0 N–H and O–H groups in total. The van der Waals surface area contributed by atoms with Crippen molar-refractivity contribution in [2.45, 2.75) is 6.92 Å². The lowest BCUT2D eigenvalue weighted by molar-refractivity contribution is 0.631. The van der Waals surface area contributed by atoms with E-state index in [9.17, 15) is 4.39 Å². The van der Waals surface area contributed by atoms with Crippen molar-refractivity contribution in [3.05, 3.63) is 40.1 Å². The van der Waals surface area contributed by atoms with Gasteiger partial charge in [0.2, 0.25) is 0 Å². The maximum Gasteiger partial charge on any atom is 0.134 e. The van der Waals surface area contributed by atoms with Gasteiger partial charge in [-0.05, 0) is 25.1 Å². The van der Waals surface area contributed by atoms with Gasteiger partial charge in [-0.3, -0.25) is 0 Å². The Morgan fingerprint density at radius 3 is 2.79 bits per heavy atom. The van der Waals surface area contributed by atoms with Gasteiger partial charge in [-0.2, -0.15) is 0 Å². The van der Waals surface area contributed by atoms with Crippen LogP contribution in [0.15, 0.2) is 24.4 Å². The van der Waals surface area contributed by atoms with Crippen molar-refractivity contribution in [2.75, 3.05) is 0 Å². The van der Waals surface area contributed by atoms with Gasteiger partial charge >= 0.3 is 0 Å². The Bertz CT molecular complexity index is 467. The monoisotopic (exact) mass is 227 g/mol. The first-order valence-corrected chi connectivity index (χ1v) is 5.24. The van der Waals surface area contributed by atoms with Gasteiger partial charge in [-0.25, -0.2) is 9.37 Å². The lowest BCUT2D eigenvalue weighted by Gasteiger charge is -1.98. The molecule has 0 unspecified atom stereocenters. The molecule has 2 rings (SSSR count). The van der Waals surface area contributed by atoms with Gasteiger partial charge in [0, 0.05) is 21.7 Å². The zero-order valence-corrected chi connectivity index (χ0v) is 8.99. The van der Waals surface area contributed by atoms with Crippen LogP contribution in [-0.4, -0.2) is 4.98 Å². The van der Waals surface area contributed by atoms with Gasteiger partial charge in [0.05, 0.1) is 0 Å². The Morgan fingerprint density at radius 2 is 2.21 bits per heavy atom. The second kappa shape index (κ2) is 3.67. The summed E-state index contributed by atoms with van der Waals surface area (Å²) in [6, 6.07) is 4.61. The van der Waals surface area contributed by atoms with E-state index in [1.807, 2.05) is 6.92 Å². The van der Waals surface area contributed by atoms with Crippen LogP contribution in [0.4, 0.5) is 4.39 Å². The van der Waals surface area contributed by atoms with Crippen molar-refractivity contribution in [1.82, 2.24) is 4.98 Å². The number of aryl methyl sites for hydroxylation is 1. The average molecular weight is 228 g/mol. The molecular formula is C10H7ClFNS. The highest BCUT2D eigenvalue weighted by atomic mass is 35.5. The Kier molecular flexibility index (Phi) is 2.52. The fraction of sp³-hybridized carbons (Fsp3) is 0.100. The van der Waals surface area contributed by atoms with Crippen LogP contribution >= 0.6 is 22.9 Å². The molecule has 1 aromatic carbocycles. The lowest BCUT2D eigenvalue weighted by atomic mass is 10.2. The second-order valence-corrected chi connectivity index (χ2v) is 4.57. The van der Waals surface area contributed by atoms with Crippen LogP contribution < -0.4 is 0 Å². The quantitative estimate of drug-likeness (QED) is 0.720. The molecule has 0 bridgehead atoms. The summed E-state index contributed by atoms with van der Waals surface area (Å²) in [7, 11) is 0. The number of thiazole rings is 1. The van der Waals surface area contributed by atoms with E-state index >= 15 is 0 Å². The molecule has 2 aromatic rings. The van der Waals surface area contributed by atoms with Crippen LogP contribution in [0, 0.1) is 12.7 Å². The van der Waals surface area contributed by atoms with E-state index in [0.29, 0.717) is 15.6 Å². The number of nitrogens with zero attached hydrogens (tertiary/aromatic N) is 1. The molecule has 1 nitrogen and oxygen atoms in total. The van der Waals surface area contributed by atoms with Crippen LogP contribution in [0.2, 0.25) is 5.02 Å². The van der Waals surface area contributed by atoms with E-state index in [1.54, 1.807) is 18.3 Å². The van der Waals surface area contributed by atoms with Crippen LogP contribution in [-0.2, 0) is 0 Å². The van der Waals surface area contributed by atoms with E-state index in [-0.39, 0.29) is 5.82 Å². The van der Waals surface area contributed by atoms with Crippen molar-refractivity contribution >= 4 is 22.9 Å². The predicted molar refractivity (Wildman–Crippen MR) is 57.3 cm³/mol. The fourth-order valence-corrected chi connectivity index (χ4v) is 2.09. The summed E-state index contributed by atoms with van der Waals surface area (Å²) < 4.78 is 13.4. The van der Waals surface area contributed by atoms with Crippen LogP contribution in [0.5, 0.6) is 0 Å². The van der Waals surface area contributed by atoms with Gasteiger partial charge < -0.3 is 0 Å². The summed E-state index contributed by atoms with van der Waals surface area (Å²) in [5, 5.41) is 1.09. The third kappa shape index (κ3) is 1.79. The summed E-state index contributed by atoms with van der Waals surface area (Å²) in [5.41, 5.74) is 0.507. The van der Waals surface area contributed by atoms with Crippen LogP contribution in [0.3, 0.4) is 0 Å². The van der Waals surface area contributed by atoms with E-state index < -0.39 is 0 Å². The van der Waals surface area contributed by atoms with Crippen LogP contribution in [0.25, 0.3) is 10.6 Å². The summed E-state index contributed by atoms with van der Waals surface area (Å²) >= 11 is 7.12. The van der Waals surface area contributed by atoms with E-state index in [4.69, 9.17) is 11.6 Å². The Hall–Kier alpha value is -0.930. The van der Waals surface area contributed by atoms with Gasteiger partial charge in [0.1, 0.15) is 10.8 Å². The molecular weight excluding hydrogens is 221 g/mol. The van der Waals surface area contributed by atoms with Crippen molar-refractivity contribution in [3.63, 3.8) is 0 Å². The minimum absolute atomic E-state index is 0.327. The predicted octanol–water partition coefficient (Wildman–Crippen LogP) is 3.91. The first kappa shape index (κ1) is 9.62. The number of aromatic nitrogens is 1. The molecule has 1 aromatic heterocycles. The molecule has 72 valence electrons. The fourth-order valence-electron chi connectivity index (χ4n) is 1.14. The van der Waals surface area contributed by atoms with Gasteiger partial charge in [-0.1, -0.05) is 11.6 Å². The third-order valence-corrected chi connectivity index (χ3v) is 2.96. The smallest absolute Gasteiger partial charge is 0.134 e. The van der Waals surface area contributed by atoms with Crippen molar-refractivity contribution in [2.24, 2.45) is 0 Å². The Labute approximate surface area is 90.2 Å². The standard InChI is InChI=1S/C10H7ClFNS/c1-6-5-13-10(14-6)8-3-2-7(11)4-9(8)12/h2-5H,1H3. The van der Waals surface area contributed by atoms with E-state index in [0.717, 1.165) is 4.88 Å². The minimum atomic E-state index is -0.327. The van der Waals surface area contributed by atoms with E-state index in [2.05, 4.69) is 4.98 Å². The molecule has 14 heavy (non-hydrogen) atoms. The minimum Gasteiger partial charge on any atom is -0.244 e. The molecule has 0 aliphatic heterocycles. The lowest BCUT2D eigenvalue weighted by Crippen LogP contribution is -1.82. The molecule has 4 heteroatoms. The summed E-state index contributed by atoms with van der Waals surface area (Å²) in [5.74, 6) is -0.327. The SMILES string of the molecule is Cc1cnc(-c2ccc(Cl)cc2F)s1. The second-order valence-electron chi connectivity index (χ2n) is 2.90. The number of rotatable bonds is 1. The zero-order chi connectivity index (χ0) is 10.1. The van der Waals surface area contributed by atoms with Gasteiger partial charge in [0.25, 0.3) is 0 Å². The number of hydrogen-bond donors (Lipinski definition) is 0. The summed E-state index contributed by atoms with van der Waals surface area (Å²) in [6.07, 6.45) is 1.73. The van der Waals surface area contributed by atoms with E-state index in [1.165, 1.54) is 17.4 Å². The molecule has 0 saturated heterocycles. The Morgan fingerprint density at radius 1 is 1.43 bits per heavy atom. The largest absolute Gasteiger partial charge is 0.244 e. The first-order chi connectivity index (χ1) is 6.66. The summed E-state index contributed by atoms with van der Waals surface area (Å²) in [4.78, 5) is 5.18. The highest BCUT2D eigenvalue weighted by Crippen LogP contribution is 2.28. The average Bonchev–Trinajstić information content (AvgIpc) is 2.51. The maximum atomic E-state index is 13.4. The van der Waals surface area contributed by atoms with Crippen LogP contribution in [0.1, 0.15) is 4.88 Å². The number of benzene rings is 1. The zero-order valence-electron chi connectivity index (χ0n) is 7.42. The highest BCUT2D eigenvalue weighted by Gasteiger charge is 2.08. The highest BCUT2D eigenvalue weighted by molar-refractivity contribution is 7.14. The Balaban J connectivity index is 2.52. The molecule has 1 heterocycles. The van der Waals surface area contributed by atoms with Crippen molar-refractivity contribution in [3.8, 4) is 10.6 Å². The van der Waals surface area contributed by atoms with Crippen molar-refractivity contribution < 1.29 is 4.39 Å². The first-order valence-electron chi connectivity index (χ1n) is 4.04. The number of hydrogen-bond acceptors (Lipinski definition) is 2. The molecule has 0 aliphatic carbocycles. The molecule has 0 atom stereocenters. The summed E-state index contributed by atoms with van der Waals surface area (Å²) in [6.45, 7) is 1.94. The maximum absolute atomic E-state index is 13.4. The molecule has 0 amide bonds. The molecule has 0 radical (unpaired) electrons. The van der Waals surface area contributed by atoms with Gasteiger partial charge in [0.15, 0.2) is 0 Å². The molecule has 0 fully saturated rings. The number of halogens is 2. The third-order valence-electron chi connectivity index (χ3n) is 1.78. The topological polar surface area (TPSA) is 12.9 Å².